The Kier molecular flexibility index (Phi) is 4.29. The van der Waals surface area contributed by atoms with E-state index in [1.807, 2.05) is 50.4 Å². The summed E-state index contributed by atoms with van der Waals surface area (Å²) in [6, 6.07) is 7.53. The van der Waals surface area contributed by atoms with Crippen LogP contribution in [0.1, 0.15) is 34.8 Å². The molecule has 1 N–H and O–H groups in total. The summed E-state index contributed by atoms with van der Waals surface area (Å²) >= 11 is 0. The zero-order valence-corrected chi connectivity index (χ0v) is 14.4. The average Bonchev–Trinajstić information content (AvgIpc) is 2.87. The molecule has 0 aliphatic heterocycles. The lowest BCUT2D eigenvalue weighted by molar-refractivity contribution is -0.116. The number of hydrogen-bond acceptors (Lipinski definition) is 4. The van der Waals surface area contributed by atoms with E-state index in [1.54, 1.807) is 6.07 Å². The summed E-state index contributed by atoms with van der Waals surface area (Å²) in [5.74, 6) is 0.536. The maximum atomic E-state index is 12.2. The van der Waals surface area contributed by atoms with Crippen LogP contribution in [0.5, 0.6) is 0 Å². The number of hydrogen-bond donors (Lipinski definition) is 1. The molecular formula is C18H21N5O. The zero-order valence-electron chi connectivity index (χ0n) is 14.4. The molecule has 0 aliphatic carbocycles. The van der Waals surface area contributed by atoms with Gasteiger partial charge in [0.1, 0.15) is 5.82 Å². The van der Waals surface area contributed by atoms with Gasteiger partial charge in [-0.25, -0.2) is 14.5 Å². The average molecular weight is 323 g/mol. The summed E-state index contributed by atoms with van der Waals surface area (Å²) in [6.07, 6.45) is 1.00. The van der Waals surface area contributed by atoms with E-state index in [-0.39, 0.29) is 5.91 Å². The number of pyridine rings is 1. The maximum Gasteiger partial charge on any atom is 0.225 e. The fraction of sp³-hybridized carbons (Fsp3) is 0.333. The largest absolute Gasteiger partial charge is 0.311 e. The number of rotatable bonds is 4. The second-order valence-corrected chi connectivity index (χ2v) is 6.03. The number of carbonyl (C=O) groups is 1. The number of fused-ring (bicyclic) bond motifs is 1. The molecular weight excluding hydrogens is 302 g/mol. The summed E-state index contributed by atoms with van der Waals surface area (Å²) in [5, 5.41) is 7.30. The Morgan fingerprint density at radius 2 is 1.92 bits per heavy atom. The SMILES string of the molecule is Cc1cccc(NC(=O)CCc2c(C)nc3cc(C)nn3c2C)n1. The smallest absolute Gasteiger partial charge is 0.225 e. The van der Waals surface area contributed by atoms with E-state index >= 15 is 0 Å². The number of nitrogens with one attached hydrogen (secondary N) is 1. The van der Waals surface area contributed by atoms with Crippen molar-refractivity contribution in [2.24, 2.45) is 0 Å². The molecule has 124 valence electrons. The quantitative estimate of drug-likeness (QED) is 0.801. The van der Waals surface area contributed by atoms with Gasteiger partial charge in [0.15, 0.2) is 5.65 Å². The molecule has 0 aromatic carbocycles. The molecule has 6 nitrogen and oxygen atoms in total. The van der Waals surface area contributed by atoms with Gasteiger partial charge < -0.3 is 5.32 Å². The van der Waals surface area contributed by atoms with Crippen molar-refractivity contribution in [3.8, 4) is 0 Å². The molecule has 0 bridgehead atoms. The first-order valence-electron chi connectivity index (χ1n) is 8.00. The lowest BCUT2D eigenvalue weighted by Crippen LogP contribution is -2.15. The van der Waals surface area contributed by atoms with E-state index in [4.69, 9.17) is 0 Å². The van der Waals surface area contributed by atoms with Crippen molar-refractivity contribution in [3.63, 3.8) is 0 Å². The molecule has 0 saturated carbocycles. The second-order valence-electron chi connectivity index (χ2n) is 6.03. The fourth-order valence-electron chi connectivity index (χ4n) is 2.86. The Bertz CT molecular complexity index is 913. The van der Waals surface area contributed by atoms with Gasteiger partial charge in [0.25, 0.3) is 0 Å². The Balaban J connectivity index is 1.74. The molecule has 3 aromatic rings. The number of carbonyl (C=O) groups excluding carboxylic acids is 1. The van der Waals surface area contributed by atoms with Gasteiger partial charge in [-0.15, -0.1) is 0 Å². The minimum absolute atomic E-state index is 0.0522. The first-order valence-corrected chi connectivity index (χ1v) is 8.00. The second kappa shape index (κ2) is 6.39. The third-order valence-corrected chi connectivity index (χ3v) is 4.04. The van der Waals surface area contributed by atoms with Gasteiger partial charge >= 0.3 is 0 Å². The topological polar surface area (TPSA) is 72.2 Å². The fourth-order valence-corrected chi connectivity index (χ4v) is 2.86. The molecule has 0 spiro atoms. The van der Waals surface area contributed by atoms with Crippen molar-refractivity contribution in [1.29, 1.82) is 0 Å². The van der Waals surface area contributed by atoms with Crippen LogP contribution >= 0.6 is 0 Å². The van der Waals surface area contributed by atoms with Gasteiger partial charge in [-0.2, -0.15) is 5.10 Å². The van der Waals surface area contributed by atoms with E-state index in [1.165, 1.54) is 0 Å². The molecule has 0 aliphatic rings. The molecule has 24 heavy (non-hydrogen) atoms. The Hall–Kier alpha value is -2.76. The van der Waals surface area contributed by atoms with Gasteiger partial charge in [0.05, 0.1) is 5.69 Å². The van der Waals surface area contributed by atoms with Crippen molar-refractivity contribution in [2.45, 2.75) is 40.5 Å². The van der Waals surface area contributed by atoms with Gasteiger partial charge in [0, 0.05) is 29.6 Å². The zero-order chi connectivity index (χ0) is 17.3. The molecule has 0 saturated heterocycles. The maximum absolute atomic E-state index is 12.2. The van der Waals surface area contributed by atoms with Crippen molar-refractivity contribution in [1.82, 2.24) is 19.6 Å². The van der Waals surface area contributed by atoms with Gasteiger partial charge in [-0.1, -0.05) is 6.07 Å². The molecule has 1 amide bonds. The lowest BCUT2D eigenvalue weighted by Gasteiger charge is -2.11. The lowest BCUT2D eigenvalue weighted by atomic mass is 10.1. The molecule has 0 atom stereocenters. The third-order valence-electron chi connectivity index (χ3n) is 4.04. The molecule has 0 unspecified atom stereocenters. The van der Waals surface area contributed by atoms with E-state index in [0.29, 0.717) is 18.7 Å². The van der Waals surface area contributed by atoms with Crippen LogP contribution in [0.15, 0.2) is 24.3 Å². The molecule has 3 heterocycles. The van der Waals surface area contributed by atoms with Crippen LogP contribution in [0.2, 0.25) is 0 Å². The minimum Gasteiger partial charge on any atom is -0.311 e. The highest BCUT2D eigenvalue weighted by molar-refractivity contribution is 5.89. The van der Waals surface area contributed by atoms with Crippen molar-refractivity contribution < 1.29 is 4.79 Å². The number of aromatic nitrogens is 4. The predicted molar refractivity (Wildman–Crippen MR) is 93.1 cm³/mol. The monoisotopic (exact) mass is 323 g/mol. The van der Waals surface area contributed by atoms with E-state index in [9.17, 15) is 4.79 Å². The van der Waals surface area contributed by atoms with Crippen molar-refractivity contribution in [2.75, 3.05) is 5.32 Å². The summed E-state index contributed by atoms with van der Waals surface area (Å²) in [7, 11) is 0. The highest BCUT2D eigenvalue weighted by Crippen LogP contribution is 2.17. The van der Waals surface area contributed by atoms with Gasteiger partial charge in [-0.05, 0) is 51.8 Å². The number of anilines is 1. The number of nitrogens with zero attached hydrogens (tertiary/aromatic N) is 4. The molecule has 6 heteroatoms. The number of amides is 1. The normalized spacial score (nSPS) is 11.0. The highest BCUT2D eigenvalue weighted by atomic mass is 16.1. The van der Waals surface area contributed by atoms with Gasteiger partial charge in [-0.3, -0.25) is 4.79 Å². The summed E-state index contributed by atoms with van der Waals surface area (Å²) in [4.78, 5) is 21.1. The van der Waals surface area contributed by atoms with Crippen LogP contribution in [-0.4, -0.2) is 25.5 Å². The molecule has 0 fully saturated rings. The third kappa shape index (κ3) is 3.27. The van der Waals surface area contributed by atoms with Crippen LogP contribution in [0, 0.1) is 27.7 Å². The number of aryl methyl sites for hydroxylation is 4. The summed E-state index contributed by atoms with van der Waals surface area (Å²) in [6.45, 7) is 7.84. The Morgan fingerprint density at radius 3 is 2.67 bits per heavy atom. The van der Waals surface area contributed by atoms with Crippen LogP contribution in [0.3, 0.4) is 0 Å². The summed E-state index contributed by atoms with van der Waals surface area (Å²) in [5.41, 5.74) is 5.71. The molecule has 0 radical (unpaired) electrons. The summed E-state index contributed by atoms with van der Waals surface area (Å²) < 4.78 is 1.84. The van der Waals surface area contributed by atoms with E-state index in [0.717, 1.165) is 34.0 Å². The standard InChI is InChI=1S/C18H21N5O/c1-11-6-5-7-16(19-11)21-18(24)9-8-15-13(3)20-17-10-12(2)22-23(17)14(15)4/h5-7,10H,8-9H2,1-4H3,(H,19,21,24). The van der Waals surface area contributed by atoms with Crippen molar-refractivity contribution >= 4 is 17.4 Å². The molecule has 3 rings (SSSR count). The minimum atomic E-state index is -0.0522. The van der Waals surface area contributed by atoms with Gasteiger partial charge in [0.2, 0.25) is 5.91 Å². The van der Waals surface area contributed by atoms with E-state index in [2.05, 4.69) is 20.4 Å². The highest BCUT2D eigenvalue weighted by Gasteiger charge is 2.13. The Labute approximate surface area is 141 Å². The van der Waals surface area contributed by atoms with Crippen LogP contribution in [-0.2, 0) is 11.2 Å². The van der Waals surface area contributed by atoms with Crippen LogP contribution in [0.4, 0.5) is 5.82 Å². The predicted octanol–water partition coefficient (Wildman–Crippen LogP) is 2.93. The first kappa shape index (κ1) is 16.1. The molecule has 3 aromatic heterocycles. The van der Waals surface area contributed by atoms with E-state index < -0.39 is 0 Å². The Morgan fingerprint density at radius 1 is 1.12 bits per heavy atom. The van der Waals surface area contributed by atoms with Crippen molar-refractivity contribution in [3.05, 3.63) is 52.6 Å². The van der Waals surface area contributed by atoms with Crippen LogP contribution < -0.4 is 5.32 Å². The van der Waals surface area contributed by atoms with Crippen LogP contribution in [0.25, 0.3) is 5.65 Å². The first-order chi connectivity index (χ1) is 11.4.